The topological polar surface area (TPSA) is 58.3 Å². The van der Waals surface area contributed by atoms with Crippen LogP contribution in [0.15, 0.2) is 53.1 Å². The minimum atomic E-state index is 0. The summed E-state index contributed by atoms with van der Waals surface area (Å²) < 4.78 is 1.95. The van der Waals surface area contributed by atoms with Gasteiger partial charge in [-0.25, -0.2) is 9.98 Å². The Labute approximate surface area is 187 Å². The van der Waals surface area contributed by atoms with Gasteiger partial charge < -0.3 is 10.2 Å². The second-order valence-corrected chi connectivity index (χ2v) is 7.48. The molecule has 0 unspecified atom stereocenters. The lowest BCUT2D eigenvalue weighted by Gasteiger charge is -2.21. The van der Waals surface area contributed by atoms with Gasteiger partial charge in [0.15, 0.2) is 5.96 Å². The molecule has 150 valence electrons. The maximum Gasteiger partial charge on any atom is 0.194 e. The van der Waals surface area contributed by atoms with Crippen molar-refractivity contribution in [3.8, 4) is 0 Å². The van der Waals surface area contributed by atoms with Crippen molar-refractivity contribution in [3.05, 3.63) is 69.9 Å². The van der Waals surface area contributed by atoms with E-state index in [0.29, 0.717) is 6.54 Å². The molecule has 0 aliphatic heterocycles. The zero-order chi connectivity index (χ0) is 19.1. The number of thiazole rings is 1. The quantitative estimate of drug-likeness (QED) is 0.298. The molecule has 0 atom stereocenters. The van der Waals surface area contributed by atoms with Gasteiger partial charge in [0.05, 0.1) is 36.5 Å². The molecule has 0 spiro atoms. The van der Waals surface area contributed by atoms with Crippen molar-refractivity contribution in [3.63, 3.8) is 0 Å². The van der Waals surface area contributed by atoms with Crippen LogP contribution in [0.25, 0.3) is 0 Å². The van der Waals surface area contributed by atoms with Gasteiger partial charge >= 0.3 is 0 Å². The summed E-state index contributed by atoms with van der Waals surface area (Å²) in [5, 5.41) is 11.0. The average Bonchev–Trinajstić information content (AvgIpc) is 3.28. The van der Waals surface area contributed by atoms with E-state index in [1.165, 1.54) is 5.56 Å². The SMILES string of the molecule is CCNC(=NCc1cnn(Cc2ccccc2)c1)N(C)Cc1csc(C)n1.I. The maximum absolute atomic E-state index is 4.76. The van der Waals surface area contributed by atoms with Gasteiger partial charge in [-0.2, -0.15) is 5.10 Å². The van der Waals surface area contributed by atoms with E-state index >= 15 is 0 Å². The number of hydrogen-bond donors (Lipinski definition) is 1. The maximum atomic E-state index is 4.76. The van der Waals surface area contributed by atoms with Crippen LogP contribution in [-0.4, -0.2) is 39.2 Å². The number of hydrogen-bond acceptors (Lipinski definition) is 4. The molecule has 1 aromatic carbocycles. The summed E-state index contributed by atoms with van der Waals surface area (Å²) in [5.41, 5.74) is 3.41. The molecule has 2 heterocycles. The van der Waals surface area contributed by atoms with Gasteiger partial charge in [0.2, 0.25) is 0 Å². The Morgan fingerprint density at radius 1 is 1.25 bits per heavy atom. The van der Waals surface area contributed by atoms with Gasteiger partial charge in [0.25, 0.3) is 0 Å². The summed E-state index contributed by atoms with van der Waals surface area (Å²) in [6.45, 7) is 7.04. The minimum absolute atomic E-state index is 0. The Hall–Kier alpha value is -1.94. The number of aryl methyl sites for hydroxylation is 1. The van der Waals surface area contributed by atoms with Crippen molar-refractivity contribution in [2.75, 3.05) is 13.6 Å². The molecular weight excluding hydrogens is 483 g/mol. The lowest BCUT2D eigenvalue weighted by Crippen LogP contribution is -2.38. The summed E-state index contributed by atoms with van der Waals surface area (Å²) >= 11 is 1.68. The van der Waals surface area contributed by atoms with Crippen molar-refractivity contribution in [2.45, 2.75) is 33.5 Å². The highest BCUT2D eigenvalue weighted by molar-refractivity contribution is 14.0. The average molecular weight is 510 g/mol. The second-order valence-electron chi connectivity index (χ2n) is 6.42. The predicted octanol–water partition coefficient (Wildman–Crippen LogP) is 3.91. The lowest BCUT2D eigenvalue weighted by atomic mass is 10.2. The third-order valence-corrected chi connectivity index (χ3v) is 4.87. The summed E-state index contributed by atoms with van der Waals surface area (Å²) in [5.74, 6) is 0.874. The van der Waals surface area contributed by atoms with E-state index in [0.717, 1.165) is 41.9 Å². The van der Waals surface area contributed by atoms with Crippen LogP contribution in [0.1, 0.15) is 28.8 Å². The van der Waals surface area contributed by atoms with Gasteiger partial charge in [0, 0.05) is 30.7 Å². The molecule has 0 radical (unpaired) electrons. The van der Waals surface area contributed by atoms with E-state index in [-0.39, 0.29) is 24.0 Å². The molecule has 0 aliphatic carbocycles. The van der Waals surface area contributed by atoms with Gasteiger partial charge in [0.1, 0.15) is 0 Å². The second kappa shape index (κ2) is 11.2. The monoisotopic (exact) mass is 510 g/mol. The molecule has 0 fully saturated rings. The lowest BCUT2D eigenvalue weighted by molar-refractivity contribution is 0.471. The van der Waals surface area contributed by atoms with Crippen LogP contribution in [0.2, 0.25) is 0 Å². The zero-order valence-electron chi connectivity index (χ0n) is 16.5. The van der Waals surface area contributed by atoms with Gasteiger partial charge in [-0.1, -0.05) is 30.3 Å². The Morgan fingerprint density at radius 2 is 2.04 bits per heavy atom. The first-order valence-electron chi connectivity index (χ1n) is 9.09. The third kappa shape index (κ3) is 6.59. The van der Waals surface area contributed by atoms with E-state index in [4.69, 9.17) is 4.99 Å². The van der Waals surface area contributed by atoms with Crippen molar-refractivity contribution in [1.82, 2.24) is 25.0 Å². The first-order valence-corrected chi connectivity index (χ1v) is 9.97. The highest BCUT2D eigenvalue weighted by Crippen LogP contribution is 2.10. The zero-order valence-corrected chi connectivity index (χ0v) is 19.6. The normalized spacial score (nSPS) is 11.2. The van der Waals surface area contributed by atoms with Crippen LogP contribution in [-0.2, 0) is 19.6 Å². The van der Waals surface area contributed by atoms with Crippen LogP contribution in [0.3, 0.4) is 0 Å². The van der Waals surface area contributed by atoms with E-state index < -0.39 is 0 Å². The largest absolute Gasteiger partial charge is 0.357 e. The number of nitrogens with zero attached hydrogens (tertiary/aromatic N) is 5. The minimum Gasteiger partial charge on any atom is -0.357 e. The molecule has 1 N–H and O–H groups in total. The van der Waals surface area contributed by atoms with E-state index in [2.05, 4.69) is 50.9 Å². The van der Waals surface area contributed by atoms with Crippen LogP contribution in [0.5, 0.6) is 0 Å². The molecule has 3 aromatic rings. The first-order chi connectivity index (χ1) is 13.1. The van der Waals surface area contributed by atoms with Crippen LogP contribution >= 0.6 is 35.3 Å². The molecule has 0 aliphatic rings. The van der Waals surface area contributed by atoms with E-state index in [1.807, 2.05) is 43.0 Å². The fourth-order valence-corrected chi connectivity index (χ4v) is 3.38. The molecule has 2 aromatic heterocycles. The molecule has 0 saturated carbocycles. The fourth-order valence-electron chi connectivity index (χ4n) is 2.78. The molecule has 0 saturated heterocycles. The number of rotatable bonds is 7. The fraction of sp³-hybridized carbons (Fsp3) is 0.350. The number of nitrogens with one attached hydrogen (secondary N) is 1. The van der Waals surface area contributed by atoms with Crippen LogP contribution in [0.4, 0.5) is 0 Å². The molecule has 0 bridgehead atoms. The first kappa shape index (κ1) is 22.4. The Morgan fingerprint density at radius 3 is 2.71 bits per heavy atom. The number of aliphatic imine (C=N–C) groups is 1. The number of benzene rings is 1. The number of halogens is 1. The Bertz CT molecular complexity index is 874. The summed E-state index contributed by atoms with van der Waals surface area (Å²) in [6.07, 6.45) is 3.95. The molecule has 3 rings (SSSR count). The molecule has 6 nitrogen and oxygen atoms in total. The highest BCUT2D eigenvalue weighted by atomic mass is 127. The van der Waals surface area contributed by atoms with E-state index in [9.17, 15) is 0 Å². The molecule has 8 heteroatoms. The summed E-state index contributed by atoms with van der Waals surface area (Å²) in [4.78, 5) is 11.4. The van der Waals surface area contributed by atoms with Crippen molar-refractivity contribution < 1.29 is 0 Å². The number of guanidine groups is 1. The van der Waals surface area contributed by atoms with Crippen molar-refractivity contribution >= 4 is 41.3 Å². The van der Waals surface area contributed by atoms with Crippen LogP contribution < -0.4 is 5.32 Å². The van der Waals surface area contributed by atoms with Gasteiger partial charge in [-0.05, 0) is 19.4 Å². The number of aromatic nitrogens is 3. The molecular formula is C20H27IN6S. The predicted molar refractivity (Wildman–Crippen MR) is 126 cm³/mol. The standard InChI is InChI=1S/C20H26N6S.HI/c1-4-21-20(25(3)14-19-15-27-16(2)24-19)22-10-18-11-23-26(13-18)12-17-8-6-5-7-9-17;/h5-9,11,13,15H,4,10,12,14H2,1-3H3,(H,21,22);1H. The third-order valence-electron chi connectivity index (χ3n) is 4.05. The van der Waals surface area contributed by atoms with Crippen LogP contribution in [0, 0.1) is 6.92 Å². The Kier molecular flexibility index (Phi) is 8.91. The Balaban J connectivity index is 0.00000280. The highest BCUT2D eigenvalue weighted by Gasteiger charge is 2.09. The van der Waals surface area contributed by atoms with Crippen molar-refractivity contribution in [2.24, 2.45) is 4.99 Å². The molecule has 28 heavy (non-hydrogen) atoms. The van der Waals surface area contributed by atoms with Gasteiger partial charge in [-0.3, -0.25) is 4.68 Å². The van der Waals surface area contributed by atoms with Gasteiger partial charge in [-0.15, -0.1) is 35.3 Å². The summed E-state index contributed by atoms with van der Waals surface area (Å²) in [6, 6.07) is 10.3. The summed E-state index contributed by atoms with van der Waals surface area (Å²) in [7, 11) is 2.04. The van der Waals surface area contributed by atoms with Crippen molar-refractivity contribution in [1.29, 1.82) is 0 Å². The smallest absolute Gasteiger partial charge is 0.194 e. The van der Waals surface area contributed by atoms with E-state index in [1.54, 1.807) is 11.3 Å². The molecule has 0 amide bonds.